The zero-order valence-corrected chi connectivity index (χ0v) is 14.3. The topological polar surface area (TPSA) is 54.0 Å². The Morgan fingerprint density at radius 1 is 1.22 bits per heavy atom. The molecule has 0 aliphatic rings. The molecule has 0 aliphatic carbocycles. The molecule has 0 unspecified atom stereocenters. The fourth-order valence-corrected chi connectivity index (χ4v) is 3.32. The largest absolute Gasteiger partial charge is 0.374 e. The van der Waals surface area contributed by atoms with Crippen LogP contribution in [-0.4, -0.2) is 16.9 Å². The van der Waals surface area contributed by atoms with Gasteiger partial charge in [-0.3, -0.25) is 4.79 Å². The van der Waals surface area contributed by atoms with Crippen LogP contribution in [0.15, 0.2) is 42.5 Å². The Kier molecular flexibility index (Phi) is 4.50. The number of fused-ring (bicyclic) bond motifs is 1. The Morgan fingerprint density at radius 2 is 2.04 bits per heavy atom. The van der Waals surface area contributed by atoms with Gasteiger partial charge in [-0.05, 0) is 50.2 Å². The van der Waals surface area contributed by atoms with E-state index in [1.165, 1.54) is 0 Å². The molecule has 0 saturated carbocycles. The van der Waals surface area contributed by atoms with E-state index in [0.29, 0.717) is 10.7 Å². The van der Waals surface area contributed by atoms with Crippen molar-refractivity contribution in [3.05, 3.63) is 52.5 Å². The number of hydrogen-bond donors (Lipinski definition) is 2. The fraction of sp³-hybridized carbons (Fsp3) is 0.176. The molecular formula is C17H16ClN3OS. The van der Waals surface area contributed by atoms with Gasteiger partial charge >= 0.3 is 0 Å². The Bertz CT molecular complexity index is 862. The summed E-state index contributed by atoms with van der Waals surface area (Å²) in [6, 6.07) is 12.6. The number of halogens is 1. The lowest BCUT2D eigenvalue weighted by Crippen LogP contribution is -2.31. The Labute approximate surface area is 143 Å². The van der Waals surface area contributed by atoms with Gasteiger partial charge in [-0.2, -0.15) is 0 Å². The van der Waals surface area contributed by atoms with Crippen molar-refractivity contribution in [1.82, 2.24) is 4.98 Å². The average molecular weight is 346 g/mol. The van der Waals surface area contributed by atoms with E-state index in [-0.39, 0.29) is 11.9 Å². The maximum absolute atomic E-state index is 12.3. The number of nitrogens with one attached hydrogen (secondary N) is 2. The molecule has 2 aromatic carbocycles. The maximum Gasteiger partial charge on any atom is 0.246 e. The molecule has 4 nitrogen and oxygen atoms in total. The highest BCUT2D eigenvalue weighted by molar-refractivity contribution is 7.18. The first kappa shape index (κ1) is 15.8. The number of nitrogens with zero attached hydrogens (tertiary/aromatic N) is 1. The van der Waals surface area contributed by atoms with E-state index in [9.17, 15) is 4.79 Å². The molecule has 1 heterocycles. The van der Waals surface area contributed by atoms with Gasteiger partial charge in [-0.25, -0.2) is 4.98 Å². The van der Waals surface area contributed by atoms with Crippen molar-refractivity contribution < 1.29 is 4.79 Å². The molecule has 23 heavy (non-hydrogen) atoms. The molecule has 0 fully saturated rings. The van der Waals surface area contributed by atoms with Gasteiger partial charge in [0.1, 0.15) is 6.04 Å². The van der Waals surface area contributed by atoms with Crippen LogP contribution in [0.3, 0.4) is 0 Å². The van der Waals surface area contributed by atoms with Crippen LogP contribution in [-0.2, 0) is 4.79 Å². The Hall–Kier alpha value is -2.11. The molecule has 3 aromatic rings. The van der Waals surface area contributed by atoms with Gasteiger partial charge in [0.2, 0.25) is 5.91 Å². The molecule has 0 radical (unpaired) electrons. The second kappa shape index (κ2) is 6.56. The summed E-state index contributed by atoms with van der Waals surface area (Å²) in [4.78, 5) is 16.7. The lowest BCUT2D eigenvalue weighted by atomic mass is 10.2. The molecule has 2 N–H and O–H groups in total. The number of benzene rings is 2. The van der Waals surface area contributed by atoms with E-state index in [1.807, 2.05) is 38.1 Å². The van der Waals surface area contributed by atoms with Crippen LogP contribution in [0.25, 0.3) is 10.2 Å². The number of hydrogen-bond acceptors (Lipinski definition) is 4. The molecule has 0 aliphatic heterocycles. The molecule has 0 spiro atoms. The summed E-state index contributed by atoms with van der Waals surface area (Å²) >= 11 is 7.56. The summed E-state index contributed by atoms with van der Waals surface area (Å²) in [7, 11) is 0. The number of carbonyl (C=O) groups is 1. The minimum atomic E-state index is -0.375. The van der Waals surface area contributed by atoms with Crippen LogP contribution in [0.5, 0.6) is 0 Å². The normalized spacial score (nSPS) is 12.1. The van der Waals surface area contributed by atoms with Crippen LogP contribution < -0.4 is 10.6 Å². The van der Waals surface area contributed by atoms with E-state index in [0.717, 1.165) is 20.9 Å². The Morgan fingerprint density at radius 3 is 2.83 bits per heavy atom. The van der Waals surface area contributed by atoms with Crippen LogP contribution in [0, 0.1) is 6.92 Å². The van der Waals surface area contributed by atoms with E-state index in [2.05, 4.69) is 15.6 Å². The number of amides is 1. The zero-order chi connectivity index (χ0) is 16.4. The highest BCUT2D eigenvalue weighted by Crippen LogP contribution is 2.25. The lowest BCUT2D eigenvalue weighted by Gasteiger charge is -2.15. The molecule has 3 rings (SSSR count). The first-order chi connectivity index (χ1) is 11.0. The minimum Gasteiger partial charge on any atom is -0.374 e. The van der Waals surface area contributed by atoms with Gasteiger partial charge in [0.25, 0.3) is 0 Å². The SMILES string of the molecule is Cc1nc2ccc(N[C@H](C)C(=O)Nc3cccc(Cl)c3)cc2s1. The van der Waals surface area contributed by atoms with E-state index in [4.69, 9.17) is 11.6 Å². The molecule has 1 amide bonds. The summed E-state index contributed by atoms with van der Waals surface area (Å²) in [5.74, 6) is -0.118. The fourth-order valence-electron chi connectivity index (χ4n) is 2.26. The summed E-state index contributed by atoms with van der Waals surface area (Å²) in [6.07, 6.45) is 0. The molecule has 6 heteroatoms. The van der Waals surface area contributed by atoms with Crippen molar-refractivity contribution in [3.8, 4) is 0 Å². The van der Waals surface area contributed by atoms with Gasteiger partial charge in [-0.1, -0.05) is 17.7 Å². The van der Waals surface area contributed by atoms with Crippen molar-refractivity contribution in [2.45, 2.75) is 19.9 Å². The van der Waals surface area contributed by atoms with E-state index in [1.54, 1.807) is 29.5 Å². The zero-order valence-electron chi connectivity index (χ0n) is 12.8. The number of thiazole rings is 1. The third kappa shape index (κ3) is 3.81. The summed E-state index contributed by atoms with van der Waals surface area (Å²) in [6.45, 7) is 3.81. The predicted octanol–water partition coefficient (Wildman–Crippen LogP) is 4.70. The molecule has 0 bridgehead atoms. The predicted molar refractivity (Wildman–Crippen MR) is 97.5 cm³/mol. The number of rotatable bonds is 4. The second-order valence-electron chi connectivity index (χ2n) is 5.28. The molecule has 0 saturated heterocycles. The standard InChI is InChI=1S/C17H16ClN3OS/c1-10(17(22)21-13-5-3-4-12(18)8-13)19-14-6-7-15-16(9-14)23-11(2)20-15/h3-10,19H,1-2H3,(H,21,22)/t10-/m1/s1. The Balaban J connectivity index is 1.69. The highest BCUT2D eigenvalue weighted by Gasteiger charge is 2.13. The van der Waals surface area contributed by atoms with Crippen molar-refractivity contribution >= 4 is 50.4 Å². The third-order valence-electron chi connectivity index (χ3n) is 3.36. The lowest BCUT2D eigenvalue weighted by molar-refractivity contribution is -0.116. The quantitative estimate of drug-likeness (QED) is 0.720. The highest BCUT2D eigenvalue weighted by atomic mass is 35.5. The maximum atomic E-state index is 12.3. The van der Waals surface area contributed by atoms with E-state index < -0.39 is 0 Å². The van der Waals surface area contributed by atoms with Gasteiger partial charge in [0.05, 0.1) is 15.2 Å². The summed E-state index contributed by atoms with van der Waals surface area (Å²) in [5.41, 5.74) is 2.56. The van der Waals surface area contributed by atoms with Gasteiger partial charge < -0.3 is 10.6 Å². The molecule has 118 valence electrons. The first-order valence-electron chi connectivity index (χ1n) is 7.21. The third-order valence-corrected chi connectivity index (χ3v) is 4.53. The number of anilines is 2. The smallest absolute Gasteiger partial charge is 0.246 e. The van der Waals surface area contributed by atoms with Gasteiger partial charge in [-0.15, -0.1) is 11.3 Å². The average Bonchev–Trinajstić information content (AvgIpc) is 2.86. The number of aryl methyl sites for hydroxylation is 1. The van der Waals surface area contributed by atoms with Crippen LogP contribution in [0.2, 0.25) is 5.02 Å². The van der Waals surface area contributed by atoms with Crippen molar-refractivity contribution in [3.63, 3.8) is 0 Å². The van der Waals surface area contributed by atoms with Crippen molar-refractivity contribution in [1.29, 1.82) is 0 Å². The molecular weight excluding hydrogens is 330 g/mol. The van der Waals surface area contributed by atoms with Crippen LogP contribution >= 0.6 is 22.9 Å². The summed E-state index contributed by atoms with van der Waals surface area (Å²) < 4.78 is 1.11. The van der Waals surface area contributed by atoms with Gasteiger partial charge in [0, 0.05) is 16.4 Å². The minimum absolute atomic E-state index is 0.118. The molecule has 1 atom stereocenters. The first-order valence-corrected chi connectivity index (χ1v) is 8.41. The number of carbonyl (C=O) groups excluding carboxylic acids is 1. The van der Waals surface area contributed by atoms with Gasteiger partial charge in [0.15, 0.2) is 0 Å². The monoisotopic (exact) mass is 345 g/mol. The molecule has 1 aromatic heterocycles. The van der Waals surface area contributed by atoms with Crippen LogP contribution in [0.4, 0.5) is 11.4 Å². The summed E-state index contributed by atoms with van der Waals surface area (Å²) in [5, 5.41) is 7.68. The van der Waals surface area contributed by atoms with Crippen LogP contribution in [0.1, 0.15) is 11.9 Å². The van der Waals surface area contributed by atoms with Crippen molar-refractivity contribution in [2.24, 2.45) is 0 Å². The van der Waals surface area contributed by atoms with Crippen molar-refractivity contribution in [2.75, 3.05) is 10.6 Å². The second-order valence-corrected chi connectivity index (χ2v) is 6.95. The number of aromatic nitrogens is 1. The van der Waals surface area contributed by atoms with E-state index >= 15 is 0 Å².